The van der Waals surface area contributed by atoms with E-state index in [9.17, 15) is 4.79 Å². The van der Waals surface area contributed by atoms with E-state index < -0.39 is 0 Å². The molecule has 2 saturated carbocycles. The number of piperidine rings is 1. The van der Waals surface area contributed by atoms with E-state index in [-0.39, 0.29) is 0 Å². The summed E-state index contributed by atoms with van der Waals surface area (Å²) < 4.78 is 0. The van der Waals surface area contributed by atoms with Crippen molar-refractivity contribution in [2.75, 3.05) is 13.1 Å². The lowest BCUT2D eigenvalue weighted by Crippen LogP contribution is -2.55. The van der Waals surface area contributed by atoms with Crippen LogP contribution in [0.1, 0.15) is 103 Å². The third kappa shape index (κ3) is 5.14. The average Bonchev–Trinajstić information content (AvgIpc) is 2.68. The van der Waals surface area contributed by atoms with Crippen molar-refractivity contribution < 1.29 is 4.79 Å². The summed E-state index contributed by atoms with van der Waals surface area (Å²) in [6, 6.07) is 1.46. The lowest BCUT2D eigenvalue weighted by molar-refractivity contribution is 0.0691. The van der Waals surface area contributed by atoms with Gasteiger partial charge in [0.05, 0.1) is 0 Å². The molecule has 3 nitrogen and oxygen atoms in total. The van der Waals surface area contributed by atoms with Crippen LogP contribution in [0, 0.1) is 5.92 Å². The minimum Gasteiger partial charge on any atom is -0.325 e. The summed E-state index contributed by atoms with van der Waals surface area (Å²) in [5.74, 6) is 0.863. The van der Waals surface area contributed by atoms with E-state index >= 15 is 0 Å². The van der Waals surface area contributed by atoms with E-state index in [2.05, 4.69) is 16.7 Å². The van der Waals surface area contributed by atoms with Crippen LogP contribution in [-0.4, -0.2) is 41.0 Å². The molecule has 2 aliphatic carbocycles. The van der Waals surface area contributed by atoms with Crippen LogP contribution in [0.3, 0.4) is 0 Å². The molecule has 0 N–H and O–H groups in total. The largest absolute Gasteiger partial charge is 0.325 e. The molecule has 1 heterocycles. The number of hydrogen-bond donors (Lipinski definition) is 0. The summed E-state index contributed by atoms with van der Waals surface area (Å²) >= 11 is 0. The standard InChI is InChI=1S/C22H40N2O/c1-2-3-10-19-15-17-23(18-16-19)22(25)24(20-11-6-4-7-12-20)21-13-8-5-9-14-21/h19-21H,2-18H2,1H3. The fraction of sp³-hybridized carbons (Fsp3) is 0.955. The van der Waals surface area contributed by atoms with Crippen LogP contribution in [0.5, 0.6) is 0 Å². The van der Waals surface area contributed by atoms with E-state index in [0.29, 0.717) is 18.1 Å². The molecule has 3 fully saturated rings. The maximum atomic E-state index is 13.5. The Morgan fingerprint density at radius 1 is 0.840 bits per heavy atom. The average molecular weight is 349 g/mol. The van der Waals surface area contributed by atoms with Gasteiger partial charge >= 0.3 is 6.03 Å². The normalized spacial score (nSPS) is 24.4. The Morgan fingerprint density at radius 2 is 1.36 bits per heavy atom. The molecule has 25 heavy (non-hydrogen) atoms. The molecule has 0 bridgehead atoms. The van der Waals surface area contributed by atoms with Crippen molar-refractivity contribution in [1.82, 2.24) is 9.80 Å². The van der Waals surface area contributed by atoms with Gasteiger partial charge in [-0.3, -0.25) is 0 Å². The fourth-order valence-corrected chi connectivity index (χ4v) is 5.40. The van der Waals surface area contributed by atoms with Crippen molar-refractivity contribution in [3.8, 4) is 0 Å². The van der Waals surface area contributed by atoms with Gasteiger partial charge in [-0.15, -0.1) is 0 Å². The first-order chi connectivity index (χ1) is 12.3. The van der Waals surface area contributed by atoms with Gasteiger partial charge in [-0.2, -0.15) is 0 Å². The number of carbonyl (C=O) groups excluding carboxylic acids is 1. The molecule has 0 aromatic rings. The summed E-state index contributed by atoms with van der Waals surface area (Å²) in [5, 5.41) is 0. The second-order valence-corrected chi connectivity index (χ2v) is 8.85. The zero-order chi connectivity index (χ0) is 17.5. The van der Waals surface area contributed by atoms with Gasteiger partial charge in [0.1, 0.15) is 0 Å². The molecule has 3 heteroatoms. The van der Waals surface area contributed by atoms with E-state index in [4.69, 9.17) is 0 Å². The smallest absolute Gasteiger partial charge is 0.320 e. The van der Waals surface area contributed by atoms with Gasteiger partial charge in [0.25, 0.3) is 0 Å². The second-order valence-electron chi connectivity index (χ2n) is 8.85. The molecular formula is C22H40N2O. The summed E-state index contributed by atoms with van der Waals surface area (Å²) in [6.07, 6.45) is 19.5. The Kier molecular flexibility index (Phi) is 7.49. The molecule has 3 rings (SSSR count). The lowest BCUT2D eigenvalue weighted by Gasteiger charge is -2.45. The third-order valence-corrected chi connectivity index (χ3v) is 7.01. The highest BCUT2D eigenvalue weighted by Crippen LogP contribution is 2.32. The summed E-state index contributed by atoms with van der Waals surface area (Å²) in [6.45, 7) is 4.29. The van der Waals surface area contributed by atoms with E-state index in [0.717, 1.165) is 19.0 Å². The molecule has 0 radical (unpaired) electrons. The van der Waals surface area contributed by atoms with Crippen LogP contribution in [0.15, 0.2) is 0 Å². The van der Waals surface area contributed by atoms with E-state index in [1.165, 1.54) is 96.3 Å². The Hall–Kier alpha value is -0.730. The van der Waals surface area contributed by atoms with Gasteiger partial charge in [-0.1, -0.05) is 64.7 Å². The quantitative estimate of drug-likeness (QED) is 0.600. The van der Waals surface area contributed by atoms with Crippen molar-refractivity contribution in [2.24, 2.45) is 5.92 Å². The first-order valence-corrected chi connectivity index (χ1v) is 11.4. The van der Waals surface area contributed by atoms with E-state index in [1.807, 2.05) is 0 Å². The highest BCUT2D eigenvalue weighted by atomic mass is 16.2. The Bertz CT molecular complexity index is 373. The molecule has 2 amide bonds. The van der Waals surface area contributed by atoms with E-state index in [1.54, 1.807) is 0 Å². The minimum atomic E-state index is 0.396. The molecule has 0 aromatic heterocycles. The van der Waals surface area contributed by atoms with Gasteiger partial charge < -0.3 is 9.80 Å². The highest BCUT2D eigenvalue weighted by Gasteiger charge is 2.35. The zero-order valence-electron chi connectivity index (χ0n) is 16.6. The number of carbonyl (C=O) groups is 1. The van der Waals surface area contributed by atoms with Crippen molar-refractivity contribution in [1.29, 1.82) is 0 Å². The predicted molar refractivity (Wildman–Crippen MR) is 105 cm³/mol. The summed E-state index contributed by atoms with van der Waals surface area (Å²) in [5.41, 5.74) is 0. The van der Waals surface area contributed by atoms with Gasteiger partial charge in [0.2, 0.25) is 0 Å². The highest BCUT2D eigenvalue weighted by molar-refractivity contribution is 5.75. The van der Waals surface area contributed by atoms with Gasteiger partial charge in [0, 0.05) is 25.2 Å². The van der Waals surface area contributed by atoms with Crippen LogP contribution in [0.25, 0.3) is 0 Å². The molecular weight excluding hydrogens is 308 g/mol. The van der Waals surface area contributed by atoms with Crippen molar-refractivity contribution in [2.45, 2.75) is 115 Å². The van der Waals surface area contributed by atoms with Crippen LogP contribution in [-0.2, 0) is 0 Å². The molecule has 1 saturated heterocycles. The molecule has 0 atom stereocenters. The number of amides is 2. The van der Waals surface area contributed by atoms with Crippen LogP contribution in [0.4, 0.5) is 4.79 Å². The molecule has 0 aromatic carbocycles. The number of hydrogen-bond acceptors (Lipinski definition) is 1. The number of nitrogens with zero attached hydrogens (tertiary/aromatic N) is 2. The predicted octanol–water partition coefficient (Wildman–Crippen LogP) is 5.98. The molecule has 3 aliphatic rings. The van der Waals surface area contributed by atoms with Crippen molar-refractivity contribution in [3.63, 3.8) is 0 Å². The van der Waals surface area contributed by atoms with Gasteiger partial charge in [-0.25, -0.2) is 4.79 Å². The topological polar surface area (TPSA) is 23.6 Å². The van der Waals surface area contributed by atoms with Crippen LogP contribution >= 0.6 is 0 Å². The van der Waals surface area contributed by atoms with Crippen LogP contribution < -0.4 is 0 Å². The van der Waals surface area contributed by atoms with Crippen molar-refractivity contribution >= 4 is 6.03 Å². The first kappa shape index (κ1) is 19.0. The summed E-state index contributed by atoms with van der Waals surface area (Å²) in [4.78, 5) is 18.1. The zero-order valence-corrected chi connectivity index (χ0v) is 16.6. The Balaban J connectivity index is 1.60. The molecule has 144 valence electrons. The second kappa shape index (κ2) is 9.83. The van der Waals surface area contributed by atoms with Gasteiger partial charge in [0.15, 0.2) is 0 Å². The molecule has 1 aliphatic heterocycles. The minimum absolute atomic E-state index is 0.396. The molecule has 0 unspecified atom stereocenters. The number of rotatable bonds is 5. The Morgan fingerprint density at radius 3 is 1.84 bits per heavy atom. The van der Waals surface area contributed by atoms with Gasteiger partial charge in [-0.05, 0) is 44.4 Å². The number of urea groups is 1. The van der Waals surface area contributed by atoms with Crippen LogP contribution in [0.2, 0.25) is 0 Å². The Labute approximate surface area is 155 Å². The molecule has 0 spiro atoms. The third-order valence-electron chi connectivity index (χ3n) is 7.01. The first-order valence-electron chi connectivity index (χ1n) is 11.4. The van der Waals surface area contributed by atoms with Crippen molar-refractivity contribution in [3.05, 3.63) is 0 Å². The fourth-order valence-electron chi connectivity index (χ4n) is 5.40. The maximum absolute atomic E-state index is 13.5. The summed E-state index contributed by atoms with van der Waals surface area (Å²) in [7, 11) is 0. The maximum Gasteiger partial charge on any atom is 0.320 e. The SMILES string of the molecule is CCCCC1CCN(C(=O)N(C2CCCCC2)C2CCCCC2)CC1. The lowest BCUT2D eigenvalue weighted by atomic mass is 9.88. The monoisotopic (exact) mass is 348 g/mol. The number of unbranched alkanes of at least 4 members (excludes halogenated alkanes) is 1. The number of likely N-dealkylation sites (tertiary alicyclic amines) is 1.